The van der Waals surface area contributed by atoms with Crippen LogP contribution in [0.1, 0.15) is 28.8 Å². The van der Waals surface area contributed by atoms with E-state index in [-0.39, 0.29) is 17.2 Å². The third kappa shape index (κ3) is 3.43. The zero-order chi connectivity index (χ0) is 20.9. The van der Waals surface area contributed by atoms with Crippen LogP contribution < -0.4 is 9.64 Å². The maximum Gasteiger partial charge on any atom is 0.337 e. The van der Waals surface area contributed by atoms with E-state index >= 15 is 0 Å². The Bertz CT molecular complexity index is 973. The van der Waals surface area contributed by atoms with E-state index in [1.165, 1.54) is 5.56 Å². The van der Waals surface area contributed by atoms with Gasteiger partial charge in [-0.15, -0.1) is 0 Å². The van der Waals surface area contributed by atoms with E-state index in [0.29, 0.717) is 18.8 Å². The first-order chi connectivity index (χ1) is 14.4. The maximum atomic E-state index is 11.6. The van der Waals surface area contributed by atoms with Gasteiger partial charge in [0.2, 0.25) is 0 Å². The molecule has 2 N–H and O–H groups in total. The number of hydrogen-bond donors (Lipinski definition) is 2. The van der Waals surface area contributed by atoms with Gasteiger partial charge in [-0.3, -0.25) is 4.90 Å². The van der Waals surface area contributed by atoms with Gasteiger partial charge >= 0.3 is 5.97 Å². The lowest BCUT2D eigenvalue weighted by Crippen LogP contribution is -2.53. The van der Waals surface area contributed by atoms with Crippen LogP contribution in [-0.2, 0) is 6.42 Å². The van der Waals surface area contributed by atoms with Crippen molar-refractivity contribution < 1.29 is 19.7 Å². The number of aliphatic hydroxyl groups is 1. The molecule has 0 radical (unpaired) electrons. The first-order valence-electron chi connectivity index (χ1n) is 10.4. The second kappa shape index (κ2) is 7.45. The fraction of sp³-hybridized carbons (Fsp3) is 0.435. The minimum Gasteiger partial charge on any atom is -0.487 e. The van der Waals surface area contributed by atoms with Crippen LogP contribution in [0.2, 0.25) is 5.02 Å². The highest BCUT2D eigenvalue weighted by molar-refractivity contribution is 6.30. The Labute approximate surface area is 180 Å². The largest absolute Gasteiger partial charge is 0.487 e. The van der Waals surface area contributed by atoms with Crippen LogP contribution in [0.25, 0.3) is 0 Å². The molecule has 0 aromatic heterocycles. The third-order valence-corrected chi connectivity index (χ3v) is 7.01. The van der Waals surface area contributed by atoms with E-state index in [1.54, 1.807) is 12.1 Å². The highest BCUT2D eigenvalue weighted by Crippen LogP contribution is 2.42. The number of hydrogen-bond acceptors (Lipinski definition) is 5. The number of anilines is 1. The van der Waals surface area contributed by atoms with Gasteiger partial charge in [-0.05, 0) is 35.9 Å². The number of carboxylic acids is 1. The molecule has 0 amide bonds. The van der Waals surface area contributed by atoms with Crippen molar-refractivity contribution in [3.63, 3.8) is 0 Å². The van der Waals surface area contributed by atoms with Gasteiger partial charge < -0.3 is 19.8 Å². The molecule has 2 saturated heterocycles. The summed E-state index contributed by atoms with van der Waals surface area (Å²) in [4.78, 5) is 15.9. The van der Waals surface area contributed by atoms with E-state index in [0.717, 1.165) is 43.1 Å². The number of carbonyl (C=O) groups is 1. The first kappa shape index (κ1) is 19.7. The molecule has 2 atom stereocenters. The van der Waals surface area contributed by atoms with Gasteiger partial charge in [0.05, 0.1) is 23.4 Å². The predicted octanol–water partition coefficient (Wildman–Crippen LogP) is 3.06. The Hall–Kier alpha value is -2.28. The molecule has 1 unspecified atom stereocenters. The van der Waals surface area contributed by atoms with Crippen molar-refractivity contribution in [2.24, 2.45) is 0 Å². The second-order valence-corrected chi connectivity index (χ2v) is 9.05. The summed E-state index contributed by atoms with van der Waals surface area (Å²) < 4.78 is 6.34. The smallest absolute Gasteiger partial charge is 0.337 e. The molecular weight excluding hydrogens is 404 g/mol. The fourth-order valence-corrected chi connectivity index (χ4v) is 5.39. The van der Waals surface area contributed by atoms with Crippen molar-refractivity contribution in [2.75, 3.05) is 31.1 Å². The number of para-hydroxylation sites is 1. The Kier molecular flexibility index (Phi) is 4.88. The number of piperidine rings is 1. The van der Waals surface area contributed by atoms with Crippen LogP contribution in [0.3, 0.4) is 0 Å². The topological polar surface area (TPSA) is 73.2 Å². The van der Waals surface area contributed by atoms with Crippen LogP contribution >= 0.6 is 11.6 Å². The number of aliphatic hydroxyl groups excluding tert-OH is 1. The van der Waals surface area contributed by atoms with Gasteiger partial charge in [-0.25, -0.2) is 4.79 Å². The number of aromatic carboxylic acids is 1. The molecule has 2 aromatic rings. The van der Waals surface area contributed by atoms with Gasteiger partial charge in [0.15, 0.2) is 0 Å². The zero-order valence-corrected chi connectivity index (χ0v) is 17.4. The summed E-state index contributed by atoms with van der Waals surface area (Å²) in [5.74, 6) is -0.00768. The Balaban J connectivity index is 1.26. The van der Waals surface area contributed by atoms with Gasteiger partial charge in [-0.1, -0.05) is 23.7 Å². The number of β-amino-alcohol motifs (C(OH)–C–C–N with tert-alkyl or cyclic N) is 1. The molecule has 0 saturated carbocycles. The van der Waals surface area contributed by atoms with Crippen molar-refractivity contribution in [1.82, 2.24) is 4.90 Å². The fourth-order valence-electron chi connectivity index (χ4n) is 5.20. The maximum absolute atomic E-state index is 11.6. The molecule has 1 spiro atoms. The third-order valence-electron chi connectivity index (χ3n) is 6.77. The van der Waals surface area contributed by atoms with Crippen molar-refractivity contribution in [3.8, 4) is 5.75 Å². The summed E-state index contributed by atoms with van der Waals surface area (Å²) in [6, 6.07) is 12.8. The minimum atomic E-state index is -0.943. The Morgan fingerprint density at radius 3 is 2.67 bits per heavy atom. The van der Waals surface area contributed by atoms with E-state index in [9.17, 15) is 15.0 Å². The van der Waals surface area contributed by atoms with Gasteiger partial charge in [0.1, 0.15) is 11.4 Å². The molecular formula is C23H25ClN2O4. The molecule has 3 aliphatic rings. The van der Waals surface area contributed by atoms with Crippen LogP contribution in [-0.4, -0.2) is 65.0 Å². The SMILES string of the molecule is O=C(O)c1ccccc1N1CC(N2CCC3(CC2)Cc2cc(Cl)ccc2O3)[C@H](O)C1. The number of likely N-dealkylation sites (tertiary alicyclic amines) is 1. The summed E-state index contributed by atoms with van der Waals surface area (Å²) in [5, 5.41) is 21.0. The lowest BCUT2D eigenvalue weighted by atomic mass is 9.86. The summed E-state index contributed by atoms with van der Waals surface area (Å²) in [6.07, 6.45) is 2.16. The summed E-state index contributed by atoms with van der Waals surface area (Å²) in [7, 11) is 0. The minimum absolute atomic E-state index is 0.0116. The number of carboxylic acid groups (broad SMARTS) is 1. The van der Waals surface area contributed by atoms with Crippen molar-refractivity contribution in [1.29, 1.82) is 0 Å². The molecule has 2 aromatic carbocycles. The summed E-state index contributed by atoms with van der Waals surface area (Å²) in [6.45, 7) is 2.75. The highest BCUT2D eigenvalue weighted by Gasteiger charge is 2.45. The average Bonchev–Trinajstić information content (AvgIpc) is 3.28. The van der Waals surface area contributed by atoms with Crippen molar-refractivity contribution >= 4 is 23.3 Å². The molecule has 0 bridgehead atoms. The summed E-state index contributed by atoms with van der Waals surface area (Å²) >= 11 is 6.14. The standard InChI is InChI=1S/C23H25ClN2O4/c24-16-5-6-21-15(11-16)12-23(30-21)7-9-25(10-8-23)19-13-26(14-20(19)27)18-4-2-1-3-17(18)22(28)29/h1-6,11,19-20,27H,7-10,12-14H2,(H,28,29)/t19?,20-/m1/s1. The van der Waals surface area contributed by atoms with Crippen LogP contribution in [0.15, 0.2) is 42.5 Å². The molecule has 0 aliphatic carbocycles. The van der Waals surface area contributed by atoms with Crippen LogP contribution in [0.4, 0.5) is 5.69 Å². The number of benzene rings is 2. The molecule has 2 fully saturated rings. The Morgan fingerprint density at radius 2 is 1.90 bits per heavy atom. The van der Waals surface area contributed by atoms with Crippen LogP contribution in [0, 0.1) is 0 Å². The van der Waals surface area contributed by atoms with Gasteiger partial charge in [0, 0.05) is 50.5 Å². The molecule has 30 heavy (non-hydrogen) atoms. The lowest BCUT2D eigenvalue weighted by molar-refractivity contribution is -0.0107. The average molecular weight is 429 g/mol. The summed E-state index contributed by atoms with van der Waals surface area (Å²) in [5.41, 5.74) is 1.95. The lowest BCUT2D eigenvalue weighted by Gasteiger charge is -2.41. The number of fused-ring (bicyclic) bond motifs is 1. The predicted molar refractivity (Wildman–Crippen MR) is 115 cm³/mol. The van der Waals surface area contributed by atoms with Crippen molar-refractivity contribution in [2.45, 2.75) is 37.0 Å². The normalized spacial score (nSPS) is 25.3. The van der Waals surface area contributed by atoms with E-state index in [4.69, 9.17) is 16.3 Å². The number of halogens is 1. The Morgan fingerprint density at radius 1 is 1.13 bits per heavy atom. The molecule has 3 aliphatic heterocycles. The number of nitrogens with zero attached hydrogens (tertiary/aromatic N) is 2. The highest BCUT2D eigenvalue weighted by atomic mass is 35.5. The number of rotatable bonds is 3. The van der Waals surface area contributed by atoms with Crippen LogP contribution in [0.5, 0.6) is 5.75 Å². The van der Waals surface area contributed by atoms with Gasteiger partial charge in [-0.2, -0.15) is 0 Å². The van der Waals surface area contributed by atoms with E-state index in [1.807, 2.05) is 35.2 Å². The monoisotopic (exact) mass is 428 g/mol. The van der Waals surface area contributed by atoms with E-state index < -0.39 is 12.1 Å². The molecule has 5 rings (SSSR count). The molecule has 158 valence electrons. The van der Waals surface area contributed by atoms with Crippen molar-refractivity contribution in [3.05, 3.63) is 58.6 Å². The quantitative estimate of drug-likeness (QED) is 0.782. The number of ether oxygens (including phenoxy) is 1. The first-order valence-corrected chi connectivity index (χ1v) is 10.8. The zero-order valence-electron chi connectivity index (χ0n) is 16.6. The van der Waals surface area contributed by atoms with Gasteiger partial charge in [0.25, 0.3) is 0 Å². The van der Waals surface area contributed by atoms with E-state index in [2.05, 4.69) is 4.90 Å². The molecule has 7 heteroatoms. The molecule has 6 nitrogen and oxygen atoms in total. The molecule has 3 heterocycles. The second-order valence-electron chi connectivity index (χ2n) is 8.61.